The molecule has 3 saturated carbocycles. The third-order valence-corrected chi connectivity index (χ3v) is 12.0. The van der Waals surface area contributed by atoms with Crippen molar-refractivity contribution in [2.24, 2.45) is 33.0 Å². The monoisotopic (exact) mass is 476 g/mol. The molecular formula is C32H44O3. The normalized spacial score (nSPS) is 44.7. The first-order valence-corrected chi connectivity index (χ1v) is 13.8. The highest BCUT2D eigenvalue weighted by Crippen LogP contribution is 2.75. The predicted octanol–water partition coefficient (Wildman–Crippen LogP) is 7.68. The van der Waals surface area contributed by atoms with Gasteiger partial charge in [0.1, 0.15) is 5.78 Å². The summed E-state index contributed by atoms with van der Waals surface area (Å²) in [5.74, 6) is 1.41. The summed E-state index contributed by atoms with van der Waals surface area (Å²) >= 11 is 0. The molecule has 0 spiro atoms. The average molecular weight is 477 g/mol. The Morgan fingerprint density at radius 1 is 1.00 bits per heavy atom. The number of hydrogen-bond acceptors (Lipinski definition) is 3. The minimum Gasteiger partial charge on any atom is -0.489 e. The summed E-state index contributed by atoms with van der Waals surface area (Å²) in [6.45, 7) is 18.4. The van der Waals surface area contributed by atoms with E-state index < -0.39 is 0 Å². The Labute approximate surface area is 212 Å². The molecule has 0 heterocycles. The molecule has 0 aromatic rings. The zero-order chi connectivity index (χ0) is 25.6. The summed E-state index contributed by atoms with van der Waals surface area (Å²) < 4.78 is 5.75. The zero-order valence-electron chi connectivity index (χ0n) is 23.2. The highest BCUT2D eigenvalue weighted by molar-refractivity contribution is 6.07. The second-order valence-corrected chi connectivity index (χ2v) is 13.6. The molecule has 35 heavy (non-hydrogen) atoms. The van der Waals surface area contributed by atoms with Crippen LogP contribution in [0.15, 0.2) is 46.3 Å². The molecule has 5 rings (SSSR count). The molecule has 3 heteroatoms. The number of Topliss-reactive ketones (excluding diaryl/α,β-unsaturated/α-hetero) is 1. The SMILES string of the molecule is CCOC1=C(C)C2=CC=C3[C@@](C)(CC[C@@]4(C)[C@@H]5C[C@](C)(C(C)=O)CC[C@]5(C)CC[C@]34C)C2=CC1=O. The van der Waals surface area contributed by atoms with E-state index in [1.54, 1.807) is 6.92 Å². The molecule has 0 unspecified atom stereocenters. The minimum absolute atomic E-state index is 0.0122. The Balaban J connectivity index is 1.62. The Morgan fingerprint density at radius 2 is 1.69 bits per heavy atom. The predicted molar refractivity (Wildman–Crippen MR) is 141 cm³/mol. The van der Waals surface area contributed by atoms with Crippen LogP contribution in [0.4, 0.5) is 0 Å². The van der Waals surface area contributed by atoms with E-state index in [0.29, 0.717) is 29.5 Å². The van der Waals surface area contributed by atoms with Crippen molar-refractivity contribution in [3.8, 4) is 0 Å². The number of allylic oxidation sites excluding steroid dienone is 7. The fraction of sp³-hybridized carbons (Fsp3) is 0.688. The highest BCUT2D eigenvalue weighted by Gasteiger charge is 2.67. The van der Waals surface area contributed by atoms with Gasteiger partial charge in [0.15, 0.2) is 5.76 Å². The lowest BCUT2D eigenvalue weighted by molar-refractivity contribution is -0.167. The van der Waals surface area contributed by atoms with Crippen LogP contribution in [0.3, 0.4) is 0 Å². The number of ether oxygens (including phenoxy) is 1. The lowest BCUT2D eigenvalue weighted by atomic mass is 9.34. The van der Waals surface area contributed by atoms with Gasteiger partial charge >= 0.3 is 0 Å². The van der Waals surface area contributed by atoms with Crippen LogP contribution in [0.25, 0.3) is 0 Å². The number of fused-ring (bicyclic) bond motifs is 7. The molecule has 0 saturated heterocycles. The van der Waals surface area contributed by atoms with Gasteiger partial charge in [0, 0.05) is 16.4 Å². The van der Waals surface area contributed by atoms with Gasteiger partial charge in [0.25, 0.3) is 0 Å². The van der Waals surface area contributed by atoms with Crippen molar-refractivity contribution >= 4 is 11.6 Å². The molecule has 0 aromatic heterocycles. The Bertz CT molecular complexity index is 1130. The van der Waals surface area contributed by atoms with Crippen molar-refractivity contribution in [2.75, 3.05) is 6.61 Å². The molecule has 6 atom stereocenters. The molecule has 0 radical (unpaired) electrons. The fourth-order valence-corrected chi connectivity index (χ4v) is 9.09. The maximum atomic E-state index is 13.1. The lowest BCUT2D eigenvalue weighted by Crippen LogP contribution is -2.62. The first-order valence-electron chi connectivity index (χ1n) is 13.8. The first-order chi connectivity index (χ1) is 16.3. The minimum atomic E-state index is -0.198. The molecule has 0 bridgehead atoms. The Hall–Kier alpha value is -1.90. The van der Waals surface area contributed by atoms with Crippen LogP contribution in [-0.4, -0.2) is 18.2 Å². The van der Waals surface area contributed by atoms with Crippen LogP contribution >= 0.6 is 0 Å². The summed E-state index contributed by atoms with van der Waals surface area (Å²) in [5.41, 5.74) is 4.99. The maximum absolute atomic E-state index is 13.1. The fourth-order valence-electron chi connectivity index (χ4n) is 9.09. The van der Waals surface area contributed by atoms with Crippen LogP contribution in [0, 0.1) is 33.0 Å². The van der Waals surface area contributed by atoms with E-state index in [0.717, 1.165) is 37.7 Å². The summed E-state index contributed by atoms with van der Waals surface area (Å²) in [6.07, 6.45) is 14.3. The van der Waals surface area contributed by atoms with Gasteiger partial charge in [-0.05, 0) is 105 Å². The maximum Gasteiger partial charge on any atom is 0.220 e. The summed E-state index contributed by atoms with van der Waals surface area (Å²) in [5, 5.41) is 0. The zero-order valence-corrected chi connectivity index (χ0v) is 23.2. The van der Waals surface area contributed by atoms with E-state index in [9.17, 15) is 9.59 Å². The molecule has 5 aliphatic rings. The Kier molecular flexibility index (Phi) is 5.35. The third-order valence-electron chi connectivity index (χ3n) is 12.0. The molecular weight excluding hydrogens is 432 g/mol. The van der Waals surface area contributed by atoms with Crippen molar-refractivity contribution in [1.29, 1.82) is 0 Å². The summed E-state index contributed by atoms with van der Waals surface area (Å²) in [7, 11) is 0. The Morgan fingerprint density at radius 3 is 2.34 bits per heavy atom. The van der Waals surface area contributed by atoms with E-state index in [-0.39, 0.29) is 27.4 Å². The highest BCUT2D eigenvalue weighted by atomic mass is 16.5. The van der Waals surface area contributed by atoms with Crippen LogP contribution < -0.4 is 0 Å². The molecule has 0 aromatic carbocycles. The van der Waals surface area contributed by atoms with E-state index >= 15 is 0 Å². The quantitative estimate of drug-likeness (QED) is 0.419. The molecule has 5 aliphatic carbocycles. The third kappa shape index (κ3) is 3.08. The average Bonchev–Trinajstić information content (AvgIpc) is 2.80. The van der Waals surface area contributed by atoms with Crippen molar-refractivity contribution in [3.05, 3.63) is 46.3 Å². The van der Waals surface area contributed by atoms with Gasteiger partial charge in [0.05, 0.1) is 6.61 Å². The van der Waals surface area contributed by atoms with Crippen LogP contribution in [-0.2, 0) is 14.3 Å². The molecule has 190 valence electrons. The molecule has 3 fully saturated rings. The van der Waals surface area contributed by atoms with Gasteiger partial charge in [-0.2, -0.15) is 0 Å². The second-order valence-electron chi connectivity index (χ2n) is 13.6. The van der Waals surface area contributed by atoms with Crippen LogP contribution in [0.1, 0.15) is 100 Å². The standard InChI is InChI=1S/C32H44O3/c1-9-35-27-20(2)22-10-11-25-30(6,23(22)18-24(27)34)15-17-32(8)26-19-29(5,21(3)33)13-12-28(26,4)14-16-31(25,32)7/h10-11,18,26H,9,12-17,19H2,1-8H3/t26-,28-,29-,30+,31-,32+/m1/s1. The van der Waals surface area contributed by atoms with Gasteiger partial charge in [-0.3, -0.25) is 9.59 Å². The molecule has 0 aliphatic heterocycles. The van der Waals surface area contributed by atoms with E-state index in [1.807, 2.05) is 19.9 Å². The van der Waals surface area contributed by atoms with Gasteiger partial charge in [-0.25, -0.2) is 0 Å². The van der Waals surface area contributed by atoms with Gasteiger partial charge in [-0.15, -0.1) is 0 Å². The summed E-state index contributed by atoms with van der Waals surface area (Å²) in [6, 6.07) is 0. The van der Waals surface area contributed by atoms with Gasteiger partial charge in [-0.1, -0.05) is 52.3 Å². The summed E-state index contributed by atoms with van der Waals surface area (Å²) in [4.78, 5) is 25.9. The first kappa shape index (κ1) is 24.8. The van der Waals surface area contributed by atoms with E-state index in [1.165, 1.54) is 29.6 Å². The van der Waals surface area contributed by atoms with Crippen molar-refractivity contribution in [2.45, 2.75) is 100 Å². The van der Waals surface area contributed by atoms with Crippen molar-refractivity contribution in [1.82, 2.24) is 0 Å². The lowest BCUT2D eigenvalue weighted by Gasteiger charge is -2.70. The largest absolute Gasteiger partial charge is 0.489 e. The molecule has 3 nitrogen and oxygen atoms in total. The molecule has 0 N–H and O–H groups in total. The second kappa shape index (κ2) is 7.56. The number of ketones is 2. The molecule has 0 amide bonds. The van der Waals surface area contributed by atoms with Crippen molar-refractivity contribution < 1.29 is 14.3 Å². The van der Waals surface area contributed by atoms with Crippen molar-refractivity contribution in [3.63, 3.8) is 0 Å². The van der Waals surface area contributed by atoms with Gasteiger partial charge < -0.3 is 4.74 Å². The topological polar surface area (TPSA) is 43.4 Å². The number of rotatable bonds is 3. The van der Waals surface area contributed by atoms with Crippen LogP contribution in [0.5, 0.6) is 0 Å². The van der Waals surface area contributed by atoms with Crippen LogP contribution in [0.2, 0.25) is 0 Å². The number of carbonyl (C=O) groups excluding carboxylic acids is 2. The number of carbonyl (C=O) groups is 2. The number of hydrogen-bond donors (Lipinski definition) is 0. The smallest absolute Gasteiger partial charge is 0.220 e. The van der Waals surface area contributed by atoms with E-state index in [2.05, 4.69) is 46.8 Å². The van der Waals surface area contributed by atoms with E-state index in [4.69, 9.17) is 4.74 Å². The van der Waals surface area contributed by atoms with Gasteiger partial charge in [0.2, 0.25) is 5.78 Å².